The van der Waals surface area contributed by atoms with Crippen LogP contribution in [0.2, 0.25) is 0 Å². The van der Waals surface area contributed by atoms with E-state index in [1.54, 1.807) is 13.7 Å². The Bertz CT molecular complexity index is 720. The number of methoxy groups -OCH3 is 1. The zero-order valence-electron chi connectivity index (χ0n) is 15.3. The first-order valence-electron chi connectivity index (χ1n) is 8.48. The second-order valence-electron chi connectivity index (χ2n) is 6.32. The third-order valence-corrected chi connectivity index (χ3v) is 4.57. The molecule has 2 saturated heterocycles. The van der Waals surface area contributed by atoms with Gasteiger partial charge in [-0.1, -0.05) is 36.4 Å². The Morgan fingerprint density at radius 3 is 2.70 bits per heavy atom. The number of nitrogens with one attached hydrogen (secondary N) is 1. The van der Waals surface area contributed by atoms with E-state index >= 15 is 0 Å². The maximum Gasteiger partial charge on any atom is 0.131 e. The van der Waals surface area contributed by atoms with Gasteiger partial charge in [-0.15, -0.1) is 5.92 Å². The molecule has 7 heteroatoms. The average molecular weight is 629 g/mol. The van der Waals surface area contributed by atoms with Gasteiger partial charge in [0.15, 0.2) is 0 Å². The number of halogens is 2. The van der Waals surface area contributed by atoms with E-state index in [0.717, 1.165) is 12.5 Å². The molecule has 2 atom stereocenters. The minimum absolute atomic E-state index is 0. The van der Waals surface area contributed by atoms with E-state index in [4.69, 9.17) is 14.3 Å². The minimum Gasteiger partial charge on any atom is -0.474 e. The average Bonchev–Trinajstić information content (AvgIpc) is 3.08. The molecule has 2 aliphatic rings. The Hall–Kier alpha value is -2.86. The number of hydrogen-bond acceptors (Lipinski definition) is 4. The summed E-state index contributed by atoms with van der Waals surface area (Å²) < 4.78 is 37.1. The molecular weight excluding hydrogens is 607 g/mol. The van der Waals surface area contributed by atoms with Crippen LogP contribution in [0.3, 0.4) is 0 Å². The number of hydrogen-bond donors (Lipinski definition) is 1. The molecule has 0 saturated carbocycles. The van der Waals surface area contributed by atoms with Crippen LogP contribution in [-0.4, -0.2) is 20.3 Å². The van der Waals surface area contributed by atoms with Crippen molar-refractivity contribution in [1.82, 2.24) is 5.48 Å². The number of benzene rings is 2. The van der Waals surface area contributed by atoms with Crippen LogP contribution in [0, 0.1) is 24.2 Å². The smallest absolute Gasteiger partial charge is 0.131 e. The van der Waals surface area contributed by atoms with Crippen molar-refractivity contribution in [3.8, 4) is 0 Å². The van der Waals surface area contributed by atoms with Crippen LogP contribution in [0.1, 0.15) is 17.5 Å². The summed E-state index contributed by atoms with van der Waals surface area (Å²) in [5, 5.41) is 0. The zero-order valence-corrected chi connectivity index (χ0v) is 21.7. The van der Waals surface area contributed by atoms with Crippen molar-refractivity contribution in [2.45, 2.75) is 18.6 Å². The molecule has 4 rings (SSSR count). The standard InChI is InChI=1S/C12H12F2NO2.C8H10O.Rf/c13-9-1-2-10(11(14)5-9)12-7-16-4-3-8(12)6-17-15-12;1-9-7-8-5-3-2-4-6-8;/h1-2,5-6,8,15H,3-4,7H2;2-6H,7H2,1H3;/q-1;;. The fourth-order valence-corrected chi connectivity index (χ4v) is 3.23. The summed E-state index contributed by atoms with van der Waals surface area (Å²) >= 11 is 0. The minimum atomic E-state index is -0.726. The van der Waals surface area contributed by atoms with Gasteiger partial charge in [-0.2, -0.15) is 6.61 Å². The third kappa shape index (κ3) is 4.46. The van der Waals surface area contributed by atoms with Crippen molar-refractivity contribution in [3.63, 3.8) is 0 Å². The van der Waals surface area contributed by atoms with Crippen LogP contribution in [0.15, 0.2) is 48.5 Å². The summed E-state index contributed by atoms with van der Waals surface area (Å²) in [6, 6.07) is 13.7. The van der Waals surface area contributed by atoms with Crippen molar-refractivity contribution < 1.29 is 23.1 Å². The summed E-state index contributed by atoms with van der Waals surface area (Å²) in [4.78, 5) is 5.12. The van der Waals surface area contributed by atoms with Crippen molar-refractivity contribution >= 4 is 0 Å². The number of hydroxylamine groups is 1. The molecule has 0 radical (unpaired) electrons. The van der Waals surface area contributed by atoms with E-state index in [1.165, 1.54) is 17.7 Å². The van der Waals surface area contributed by atoms with Crippen LogP contribution < -0.4 is 5.48 Å². The molecule has 2 fully saturated rings. The summed E-state index contributed by atoms with van der Waals surface area (Å²) in [5.41, 5.74) is 3.69. The molecule has 27 heavy (non-hydrogen) atoms. The van der Waals surface area contributed by atoms with Crippen molar-refractivity contribution in [3.05, 3.63) is 77.9 Å². The molecule has 2 heterocycles. The van der Waals surface area contributed by atoms with Crippen LogP contribution in [0.25, 0.3) is 0 Å². The molecule has 0 spiro atoms. The molecule has 0 aromatic heterocycles. The van der Waals surface area contributed by atoms with E-state index < -0.39 is 17.2 Å². The molecule has 0 bridgehead atoms. The Balaban J connectivity index is 0.000000224. The molecule has 2 aromatic rings. The Morgan fingerprint density at radius 2 is 2.00 bits per heavy atom. The van der Waals surface area contributed by atoms with Crippen LogP contribution in [0.5, 0.6) is 0 Å². The van der Waals surface area contributed by atoms with Gasteiger partial charge < -0.3 is 14.3 Å². The van der Waals surface area contributed by atoms with E-state index in [-0.39, 0.29) is 5.92 Å². The van der Waals surface area contributed by atoms with Gasteiger partial charge in [0, 0.05) is 25.3 Å². The second kappa shape index (κ2) is 9.19. The van der Waals surface area contributed by atoms with Crippen LogP contribution >= 0.6 is 0 Å². The number of ether oxygens (including phenoxy) is 2. The zero-order chi connectivity index (χ0) is 18.4. The molecule has 2 aliphatic heterocycles. The topological polar surface area (TPSA) is 39.7 Å². The van der Waals surface area contributed by atoms with Gasteiger partial charge in [0.2, 0.25) is 0 Å². The van der Waals surface area contributed by atoms with Gasteiger partial charge in [-0.3, -0.25) is 0 Å². The third-order valence-electron chi connectivity index (χ3n) is 4.57. The van der Waals surface area contributed by atoms with E-state index in [2.05, 4.69) is 5.48 Å². The Morgan fingerprint density at radius 1 is 1.22 bits per heavy atom. The first-order valence-corrected chi connectivity index (χ1v) is 8.48. The molecule has 0 aliphatic carbocycles. The first-order chi connectivity index (χ1) is 12.7. The van der Waals surface area contributed by atoms with Gasteiger partial charge >= 0.3 is 0 Å². The van der Waals surface area contributed by atoms with Gasteiger partial charge in [0.05, 0.1) is 18.8 Å². The van der Waals surface area contributed by atoms with E-state index in [0.29, 0.717) is 25.4 Å². The van der Waals surface area contributed by atoms with Crippen molar-refractivity contribution in [2.24, 2.45) is 5.92 Å². The van der Waals surface area contributed by atoms with Crippen LogP contribution in [-0.2, 0) is 26.5 Å². The summed E-state index contributed by atoms with van der Waals surface area (Å²) in [6.45, 7) is 3.31. The van der Waals surface area contributed by atoms with E-state index in [1.807, 2.05) is 30.3 Å². The quantitative estimate of drug-likeness (QED) is 0.526. The number of fused-ring (bicyclic) bond motifs is 1. The molecule has 142 valence electrons. The van der Waals surface area contributed by atoms with Gasteiger partial charge in [0.1, 0.15) is 11.6 Å². The van der Waals surface area contributed by atoms with Gasteiger partial charge in [0.25, 0.3) is 0 Å². The van der Waals surface area contributed by atoms with E-state index in [9.17, 15) is 8.78 Å². The monoisotopic (exact) mass is 629 g/mol. The molecule has 4 nitrogen and oxygen atoms in total. The molecule has 0 amide bonds. The predicted molar refractivity (Wildman–Crippen MR) is 92.6 cm³/mol. The summed E-state index contributed by atoms with van der Waals surface area (Å²) in [6.07, 6.45) is 0.754. The van der Waals surface area contributed by atoms with Gasteiger partial charge in [-0.05, 0) is 18.1 Å². The largest absolute Gasteiger partial charge is 0.474 e. The molecule has 2 unspecified atom stereocenters. The molecular formula is C20H22F2NO3Rf-. The normalized spacial score (nSPS) is 23.6. The maximum absolute atomic E-state index is 13.9. The maximum atomic E-state index is 13.9. The van der Waals surface area contributed by atoms with Gasteiger partial charge in [-0.25, -0.2) is 14.3 Å². The van der Waals surface area contributed by atoms with Crippen LogP contribution in [0.4, 0.5) is 8.78 Å². The SMILES string of the molecule is COCc1ccccc1.Fc1ccc(C23COCCC2[CH-]ON3)c(F)c1.[Rf]. The second-order valence-corrected chi connectivity index (χ2v) is 6.32. The first kappa shape index (κ1) is 20.5. The number of rotatable bonds is 3. The Labute approximate surface area is 152 Å². The summed E-state index contributed by atoms with van der Waals surface area (Å²) in [7, 11) is 1.70. The predicted octanol–water partition coefficient (Wildman–Crippen LogP) is 3.73. The Kier molecular flexibility index (Phi) is 6.96. The molecule has 1 N–H and O–H groups in total. The van der Waals surface area contributed by atoms with Crippen molar-refractivity contribution in [1.29, 1.82) is 0 Å². The van der Waals surface area contributed by atoms with Crippen molar-refractivity contribution in [2.75, 3.05) is 20.3 Å². The summed E-state index contributed by atoms with van der Waals surface area (Å²) in [5.74, 6) is -1.12. The fraction of sp³-hybridized carbons (Fsp3) is 0.350. The fourth-order valence-electron chi connectivity index (χ4n) is 3.23. The molecule has 2 aromatic carbocycles.